The summed E-state index contributed by atoms with van der Waals surface area (Å²) >= 11 is 1.86. The molecule has 1 nitrogen and oxygen atoms in total. The molecule has 0 amide bonds. The summed E-state index contributed by atoms with van der Waals surface area (Å²) in [6.07, 6.45) is 10.2. The quantitative estimate of drug-likeness (QED) is 0.754. The van der Waals surface area contributed by atoms with Crippen LogP contribution < -0.4 is 5.73 Å². The Morgan fingerprint density at radius 1 is 1.53 bits per heavy atom. The maximum absolute atomic E-state index is 6.04. The summed E-state index contributed by atoms with van der Waals surface area (Å²) in [6, 6.07) is 0. The third-order valence-corrected chi connectivity index (χ3v) is 3.81. The molecule has 0 bridgehead atoms. The first-order valence-electron chi connectivity index (χ1n) is 5.11. The molecule has 1 aliphatic rings. The van der Waals surface area contributed by atoms with E-state index in [9.17, 15) is 0 Å². The minimum atomic E-state index is 0.935. The number of aryl methyl sites for hydroxylation is 2. The van der Waals surface area contributed by atoms with E-state index in [-0.39, 0.29) is 0 Å². The number of allylic oxidation sites excluding steroid dienone is 3. The second-order valence-corrected chi connectivity index (χ2v) is 4.97. The predicted molar refractivity (Wildman–Crippen MR) is 68.8 cm³/mol. The van der Waals surface area contributed by atoms with Crippen molar-refractivity contribution in [3.63, 3.8) is 0 Å². The van der Waals surface area contributed by atoms with Crippen LogP contribution in [0, 0.1) is 6.92 Å². The molecule has 2 heteroatoms. The molecule has 0 radical (unpaired) electrons. The predicted octanol–water partition coefficient (Wildman–Crippen LogP) is 3.50. The van der Waals surface area contributed by atoms with Gasteiger partial charge < -0.3 is 5.73 Å². The first kappa shape index (κ1) is 10.2. The molecule has 1 aliphatic carbocycles. The van der Waals surface area contributed by atoms with Crippen LogP contribution in [-0.4, -0.2) is 0 Å². The monoisotopic (exact) mass is 217 g/mol. The maximum Gasteiger partial charge on any atom is 0.0364 e. The van der Waals surface area contributed by atoms with Gasteiger partial charge in [-0.25, -0.2) is 0 Å². The van der Waals surface area contributed by atoms with Gasteiger partial charge in [0.2, 0.25) is 0 Å². The van der Waals surface area contributed by atoms with Crippen LogP contribution in [0.1, 0.15) is 27.3 Å². The number of hydrogen-bond acceptors (Lipinski definition) is 2. The van der Waals surface area contributed by atoms with E-state index in [4.69, 9.17) is 5.73 Å². The highest BCUT2D eigenvalue weighted by molar-refractivity contribution is 7.12. The summed E-state index contributed by atoms with van der Waals surface area (Å²) in [6.45, 7) is 5.84. The van der Waals surface area contributed by atoms with E-state index < -0.39 is 0 Å². The molecule has 2 rings (SSSR count). The summed E-state index contributed by atoms with van der Waals surface area (Å²) in [7, 11) is 0. The van der Waals surface area contributed by atoms with Crippen molar-refractivity contribution >= 4 is 23.1 Å². The van der Waals surface area contributed by atoms with Crippen molar-refractivity contribution in [1.82, 2.24) is 0 Å². The van der Waals surface area contributed by atoms with Crippen molar-refractivity contribution in [2.75, 3.05) is 0 Å². The molecule has 0 fully saturated rings. The Bertz CT molecular complexity index is 449. The van der Waals surface area contributed by atoms with Crippen LogP contribution in [0.25, 0.3) is 11.8 Å². The number of hydrogen-bond donors (Lipinski definition) is 1. The summed E-state index contributed by atoms with van der Waals surface area (Å²) in [5.41, 5.74) is 9.49. The summed E-state index contributed by atoms with van der Waals surface area (Å²) in [4.78, 5) is 2.77. The van der Waals surface area contributed by atoms with Gasteiger partial charge in [0.05, 0.1) is 0 Å². The van der Waals surface area contributed by atoms with E-state index in [0.717, 1.165) is 18.5 Å². The normalized spacial score (nSPS) is 15.1. The Balaban J connectivity index is 2.56. The van der Waals surface area contributed by atoms with E-state index in [1.807, 2.05) is 17.4 Å². The number of rotatable bonds is 2. The van der Waals surface area contributed by atoms with E-state index in [1.165, 1.54) is 20.9 Å². The van der Waals surface area contributed by atoms with Crippen LogP contribution in [0.5, 0.6) is 0 Å². The van der Waals surface area contributed by atoms with Gasteiger partial charge in [0.15, 0.2) is 0 Å². The molecule has 0 aromatic carbocycles. The Morgan fingerprint density at radius 3 is 3.07 bits per heavy atom. The molecule has 0 aliphatic heterocycles. The van der Waals surface area contributed by atoms with Gasteiger partial charge in [-0.05, 0) is 25.3 Å². The molecule has 1 heterocycles. The molecule has 1 aromatic rings. The fourth-order valence-electron chi connectivity index (χ4n) is 1.94. The average Bonchev–Trinajstić information content (AvgIpc) is 2.53. The summed E-state index contributed by atoms with van der Waals surface area (Å²) in [5.74, 6) is 0. The highest BCUT2D eigenvalue weighted by Gasteiger charge is 2.17. The van der Waals surface area contributed by atoms with Crippen molar-refractivity contribution in [2.24, 2.45) is 5.73 Å². The third kappa shape index (κ3) is 1.77. The second kappa shape index (κ2) is 4.07. The molecule has 1 aromatic heterocycles. The number of nitrogens with two attached hydrogens (primary N) is 1. The second-order valence-electron chi connectivity index (χ2n) is 3.66. The number of fused-ring (bicyclic) bond motifs is 1. The van der Waals surface area contributed by atoms with Gasteiger partial charge >= 0.3 is 0 Å². The average molecular weight is 217 g/mol. The molecule has 15 heavy (non-hydrogen) atoms. The van der Waals surface area contributed by atoms with Gasteiger partial charge in [-0.15, -0.1) is 11.3 Å². The standard InChI is InChI=1S/C13H15NS/c1-3-4-6-10-9(2)15-12-8-5-7-11(14)13(10)12/h3-4,6-7H,1,5,8,14H2,2H3/b6-4-. The molecule has 0 unspecified atom stereocenters. The van der Waals surface area contributed by atoms with Crippen LogP contribution in [0.2, 0.25) is 0 Å². The van der Waals surface area contributed by atoms with Crippen molar-refractivity contribution in [3.8, 4) is 0 Å². The smallest absolute Gasteiger partial charge is 0.0364 e. The Kier molecular flexibility index (Phi) is 2.78. The van der Waals surface area contributed by atoms with Gasteiger partial charge in [-0.3, -0.25) is 0 Å². The van der Waals surface area contributed by atoms with Gasteiger partial charge in [0.25, 0.3) is 0 Å². The SMILES string of the molecule is C=C/C=C\c1c(C)sc2c1C(N)=CCC2. The van der Waals surface area contributed by atoms with Crippen molar-refractivity contribution in [2.45, 2.75) is 19.8 Å². The molecule has 0 atom stereocenters. The summed E-state index contributed by atoms with van der Waals surface area (Å²) < 4.78 is 0. The van der Waals surface area contributed by atoms with Gasteiger partial charge in [0, 0.05) is 21.0 Å². The van der Waals surface area contributed by atoms with E-state index >= 15 is 0 Å². The lowest BCUT2D eigenvalue weighted by atomic mass is 9.98. The molecular formula is C13H15NS. The Labute approximate surface area is 94.6 Å². The minimum absolute atomic E-state index is 0.935. The van der Waals surface area contributed by atoms with Crippen LogP contribution in [0.3, 0.4) is 0 Å². The first-order chi connectivity index (χ1) is 7.24. The van der Waals surface area contributed by atoms with Crippen LogP contribution in [0.15, 0.2) is 24.8 Å². The largest absolute Gasteiger partial charge is 0.398 e. The van der Waals surface area contributed by atoms with E-state index in [2.05, 4.69) is 25.7 Å². The van der Waals surface area contributed by atoms with Gasteiger partial charge in [-0.2, -0.15) is 0 Å². The van der Waals surface area contributed by atoms with Crippen LogP contribution in [0.4, 0.5) is 0 Å². The van der Waals surface area contributed by atoms with Gasteiger partial charge in [-0.1, -0.05) is 30.9 Å². The lowest BCUT2D eigenvalue weighted by molar-refractivity contribution is 0.999. The zero-order valence-corrected chi connectivity index (χ0v) is 9.73. The highest BCUT2D eigenvalue weighted by atomic mass is 32.1. The maximum atomic E-state index is 6.04. The highest BCUT2D eigenvalue weighted by Crippen LogP contribution is 2.36. The van der Waals surface area contributed by atoms with Crippen molar-refractivity contribution < 1.29 is 0 Å². The fraction of sp³-hybridized carbons (Fsp3) is 0.231. The Hall–Kier alpha value is -1.28. The Morgan fingerprint density at radius 2 is 2.33 bits per heavy atom. The van der Waals surface area contributed by atoms with E-state index in [1.54, 1.807) is 6.08 Å². The van der Waals surface area contributed by atoms with Gasteiger partial charge in [0.1, 0.15) is 0 Å². The van der Waals surface area contributed by atoms with Crippen LogP contribution in [-0.2, 0) is 6.42 Å². The lowest BCUT2D eigenvalue weighted by Crippen LogP contribution is -2.04. The fourth-order valence-corrected chi connectivity index (χ4v) is 3.13. The minimum Gasteiger partial charge on any atom is -0.398 e. The first-order valence-corrected chi connectivity index (χ1v) is 5.93. The lowest BCUT2D eigenvalue weighted by Gasteiger charge is -2.10. The topological polar surface area (TPSA) is 26.0 Å². The molecule has 0 spiro atoms. The zero-order valence-electron chi connectivity index (χ0n) is 8.92. The zero-order chi connectivity index (χ0) is 10.8. The molecule has 78 valence electrons. The van der Waals surface area contributed by atoms with Crippen LogP contribution >= 0.6 is 11.3 Å². The van der Waals surface area contributed by atoms with Crippen molar-refractivity contribution in [3.05, 3.63) is 45.7 Å². The van der Waals surface area contributed by atoms with Crippen molar-refractivity contribution in [1.29, 1.82) is 0 Å². The van der Waals surface area contributed by atoms with E-state index in [0.29, 0.717) is 0 Å². The molecule has 0 saturated carbocycles. The third-order valence-electron chi connectivity index (χ3n) is 2.63. The molecule has 0 saturated heterocycles. The number of thiophene rings is 1. The molecular weight excluding hydrogens is 202 g/mol. The summed E-state index contributed by atoms with van der Waals surface area (Å²) in [5, 5.41) is 0. The molecule has 2 N–H and O–H groups in total.